The molecule has 2 rings (SSSR count). The number of rotatable bonds is 8. The average molecular weight is 369 g/mol. The molecule has 8 heteroatoms. The maximum atomic E-state index is 12.6. The molecule has 1 heterocycles. The van der Waals surface area contributed by atoms with Gasteiger partial charge < -0.3 is 19.8 Å². The number of furan rings is 1. The predicted molar refractivity (Wildman–Crippen MR) is 92.9 cm³/mol. The topological polar surface area (TPSA) is 58.8 Å². The first-order valence-electron chi connectivity index (χ1n) is 8.18. The van der Waals surface area contributed by atoms with Crippen molar-refractivity contribution in [1.29, 1.82) is 0 Å². The lowest BCUT2D eigenvalue weighted by molar-refractivity contribution is -0.137. The average Bonchev–Trinajstić information content (AvgIpc) is 3.12. The number of ether oxygens (including phenoxy) is 1. The maximum Gasteiger partial charge on any atom is 0.416 e. The number of methoxy groups -OCH3 is 1. The van der Waals surface area contributed by atoms with Crippen LogP contribution >= 0.6 is 0 Å². The van der Waals surface area contributed by atoms with E-state index in [4.69, 9.17) is 9.15 Å². The Morgan fingerprint density at radius 2 is 1.85 bits per heavy atom. The van der Waals surface area contributed by atoms with Crippen LogP contribution in [0.4, 0.5) is 13.2 Å². The van der Waals surface area contributed by atoms with Gasteiger partial charge >= 0.3 is 6.18 Å². The summed E-state index contributed by atoms with van der Waals surface area (Å²) in [5.41, 5.74) is 0.0251. The van der Waals surface area contributed by atoms with Crippen molar-refractivity contribution in [1.82, 2.24) is 10.6 Å². The summed E-state index contributed by atoms with van der Waals surface area (Å²) in [6.45, 7) is 1.95. The third-order valence-electron chi connectivity index (χ3n) is 3.54. The number of alkyl halides is 3. The molecule has 0 unspecified atom stereocenters. The summed E-state index contributed by atoms with van der Waals surface area (Å²) in [7, 11) is 1.60. The molecule has 1 aromatic carbocycles. The van der Waals surface area contributed by atoms with Gasteiger partial charge in [0.1, 0.15) is 5.76 Å². The fraction of sp³-hybridized carbons (Fsp3) is 0.389. The molecule has 0 aliphatic carbocycles. The van der Waals surface area contributed by atoms with Crippen LogP contribution in [0.1, 0.15) is 16.9 Å². The van der Waals surface area contributed by atoms with Gasteiger partial charge in [-0.05, 0) is 29.8 Å². The zero-order chi connectivity index (χ0) is 18.8. The quantitative estimate of drug-likeness (QED) is 0.426. The molecule has 0 saturated heterocycles. The van der Waals surface area contributed by atoms with E-state index >= 15 is 0 Å². The van der Waals surface area contributed by atoms with E-state index in [2.05, 4.69) is 15.6 Å². The molecule has 0 atom stereocenters. The maximum absolute atomic E-state index is 12.6. The van der Waals surface area contributed by atoms with Crippen LogP contribution in [-0.2, 0) is 23.9 Å². The second-order valence-electron chi connectivity index (χ2n) is 5.54. The summed E-state index contributed by atoms with van der Waals surface area (Å²) in [6, 6.07) is 8.70. The molecule has 0 bridgehead atoms. The Labute approximate surface area is 150 Å². The van der Waals surface area contributed by atoms with Crippen molar-refractivity contribution >= 4 is 5.96 Å². The van der Waals surface area contributed by atoms with Gasteiger partial charge in [0, 0.05) is 26.6 Å². The molecule has 2 aromatic rings. The Hall–Kier alpha value is -2.48. The Bertz CT molecular complexity index is 668. The van der Waals surface area contributed by atoms with Crippen LogP contribution in [0.25, 0.3) is 0 Å². The summed E-state index contributed by atoms with van der Waals surface area (Å²) in [6.07, 6.45) is -2.02. The van der Waals surface area contributed by atoms with Gasteiger partial charge in [0.15, 0.2) is 5.96 Å². The molecule has 0 aliphatic rings. The number of benzene rings is 1. The van der Waals surface area contributed by atoms with Crippen molar-refractivity contribution in [2.24, 2.45) is 4.99 Å². The van der Waals surface area contributed by atoms with Crippen molar-refractivity contribution < 1.29 is 22.3 Å². The van der Waals surface area contributed by atoms with Gasteiger partial charge in [0.05, 0.1) is 25.0 Å². The molecule has 0 fully saturated rings. The lowest BCUT2D eigenvalue weighted by Gasteiger charge is -2.12. The van der Waals surface area contributed by atoms with Crippen LogP contribution < -0.4 is 10.6 Å². The number of aliphatic imine (C=N–C) groups is 1. The summed E-state index contributed by atoms with van der Waals surface area (Å²) >= 11 is 0. The van der Waals surface area contributed by atoms with E-state index in [-0.39, 0.29) is 6.54 Å². The van der Waals surface area contributed by atoms with E-state index in [1.807, 2.05) is 12.1 Å². The monoisotopic (exact) mass is 369 g/mol. The molecule has 1 aromatic heterocycles. The van der Waals surface area contributed by atoms with Crippen LogP contribution in [0, 0.1) is 0 Å². The number of hydrogen-bond acceptors (Lipinski definition) is 3. The van der Waals surface area contributed by atoms with Crippen molar-refractivity contribution in [3.05, 3.63) is 59.5 Å². The third-order valence-corrected chi connectivity index (χ3v) is 3.54. The minimum Gasteiger partial charge on any atom is -0.469 e. The van der Waals surface area contributed by atoms with E-state index < -0.39 is 11.7 Å². The van der Waals surface area contributed by atoms with E-state index in [0.29, 0.717) is 37.6 Å². The molecule has 0 amide bonds. The molecule has 0 saturated carbocycles. The van der Waals surface area contributed by atoms with E-state index in [1.54, 1.807) is 13.4 Å². The second-order valence-corrected chi connectivity index (χ2v) is 5.54. The summed E-state index contributed by atoms with van der Waals surface area (Å²) in [4.78, 5) is 4.40. The Morgan fingerprint density at radius 3 is 2.46 bits per heavy atom. The molecule has 2 N–H and O–H groups in total. The summed E-state index contributed by atoms with van der Waals surface area (Å²) in [5, 5.41) is 6.28. The van der Waals surface area contributed by atoms with Crippen molar-refractivity contribution in [2.75, 3.05) is 26.8 Å². The Morgan fingerprint density at radius 1 is 1.12 bits per heavy atom. The highest BCUT2D eigenvalue weighted by atomic mass is 19.4. The molecule has 0 aliphatic heterocycles. The number of nitrogens with zero attached hydrogens (tertiary/aromatic N) is 1. The van der Waals surface area contributed by atoms with Crippen LogP contribution in [0.3, 0.4) is 0 Å². The minimum absolute atomic E-state index is 0.265. The normalized spacial score (nSPS) is 12.2. The van der Waals surface area contributed by atoms with Crippen LogP contribution in [-0.4, -0.2) is 32.8 Å². The molecular weight excluding hydrogens is 347 g/mol. The standard InChI is InChI=1S/C18H22F3N3O2/c1-25-12-10-23-17(22-9-8-16-3-2-11-26-16)24-13-14-4-6-15(7-5-14)18(19,20)21/h2-7,11H,8-10,12-13H2,1H3,(H2,22,23,24). The summed E-state index contributed by atoms with van der Waals surface area (Å²) < 4.78 is 48.1. The van der Waals surface area contributed by atoms with Crippen molar-refractivity contribution in [3.63, 3.8) is 0 Å². The minimum atomic E-state index is -4.33. The van der Waals surface area contributed by atoms with Gasteiger partial charge in [0.2, 0.25) is 0 Å². The van der Waals surface area contributed by atoms with Gasteiger partial charge in [-0.3, -0.25) is 0 Å². The Kier molecular flexibility index (Phi) is 7.53. The van der Waals surface area contributed by atoms with Gasteiger partial charge in [-0.2, -0.15) is 13.2 Å². The van der Waals surface area contributed by atoms with Gasteiger partial charge in [-0.25, -0.2) is 4.99 Å². The highest BCUT2D eigenvalue weighted by Gasteiger charge is 2.29. The van der Waals surface area contributed by atoms with Crippen molar-refractivity contribution in [3.8, 4) is 0 Å². The first kappa shape index (κ1) is 19.8. The van der Waals surface area contributed by atoms with Crippen LogP contribution in [0.15, 0.2) is 52.1 Å². The number of hydrogen-bond donors (Lipinski definition) is 2. The largest absolute Gasteiger partial charge is 0.469 e. The fourth-order valence-corrected chi connectivity index (χ4v) is 2.17. The van der Waals surface area contributed by atoms with E-state index in [9.17, 15) is 13.2 Å². The fourth-order valence-electron chi connectivity index (χ4n) is 2.17. The zero-order valence-corrected chi connectivity index (χ0v) is 14.5. The van der Waals surface area contributed by atoms with Crippen molar-refractivity contribution in [2.45, 2.75) is 19.1 Å². The first-order chi connectivity index (χ1) is 12.5. The molecule has 5 nitrogen and oxygen atoms in total. The highest BCUT2D eigenvalue weighted by Crippen LogP contribution is 2.29. The third kappa shape index (κ3) is 6.79. The summed E-state index contributed by atoms with van der Waals surface area (Å²) in [5.74, 6) is 1.42. The zero-order valence-electron chi connectivity index (χ0n) is 14.5. The molecule has 0 radical (unpaired) electrons. The SMILES string of the molecule is COCCNC(=NCc1ccc(C(F)(F)F)cc1)NCCc1ccco1. The van der Waals surface area contributed by atoms with Gasteiger partial charge in [0.25, 0.3) is 0 Å². The number of halogens is 3. The number of nitrogens with one attached hydrogen (secondary N) is 2. The van der Waals surface area contributed by atoms with E-state index in [0.717, 1.165) is 17.9 Å². The van der Waals surface area contributed by atoms with Gasteiger partial charge in [-0.1, -0.05) is 12.1 Å². The molecular formula is C18H22F3N3O2. The van der Waals surface area contributed by atoms with Gasteiger partial charge in [-0.15, -0.1) is 0 Å². The molecule has 26 heavy (non-hydrogen) atoms. The lowest BCUT2D eigenvalue weighted by atomic mass is 10.1. The smallest absolute Gasteiger partial charge is 0.416 e. The number of guanidine groups is 1. The first-order valence-corrected chi connectivity index (χ1v) is 8.18. The molecule has 0 spiro atoms. The lowest BCUT2D eigenvalue weighted by Crippen LogP contribution is -2.40. The second kappa shape index (κ2) is 9.86. The van der Waals surface area contributed by atoms with Crippen LogP contribution in [0.2, 0.25) is 0 Å². The van der Waals surface area contributed by atoms with Crippen LogP contribution in [0.5, 0.6) is 0 Å². The van der Waals surface area contributed by atoms with E-state index in [1.165, 1.54) is 12.1 Å². The Balaban J connectivity index is 1.92. The molecule has 142 valence electrons. The highest BCUT2D eigenvalue weighted by molar-refractivity contribution is 5.79. The predicted octanol–water partition coefficient (Wildman–Crippen LogP) is 3.22.